The molecule has 0 fully saturated rings. The third kappa shape index (κ3) is 5.85. The summed E-state index contributed by atoms with van der Waals surface area (Å²) in [5.41, 5.74) is 4.98. The van der Waals surface area contributed by atoms with Crippen LogP contribution in [-0.4, -0.2) is 25.8 Å². The second kappa shape index (κ2) is 10.8. The number of carbonyl (C=O) groups is 2. The number of hydrogen-bond donors (Lipinski definition) is 0. The van der Waals surface area contributed by atoms with Gasteiger partial charge >= 0.3 is 0 Å². The Balaban J connectivity index is 2.15. The lowest BCUT2D eigenvalue weighted by molar-refractivity contribution is 0.111. The molecule has 3 rings (SSSR count). The molecule has 166 valence electrons. The second-order valence-electron chi connectivity index (χ2n) is 8.73. The van der Waals surface area contributed by atoms with Crippen molar-refractivity contribution in [2.75, 3.05) is 13.2 Å². The van der Waals surface area contributed by atoms with E-state index in [2.05, 4.69) is 27.7 Å². The van der Waals surface area contributed by atoms with Crippen LogP contribution in [0.3, 0.4) is 0 Å². The minimum absolute atomic E-state index is 0.368. The molecule has 0 heterocycles. The molecule has 0 saturated carbocycles. The molecule has 32 heavy (non-hydrogen) atoms. The van der Waals surface area contributed by atoms with E-state index in [4.69, 9.17) is 9.47 Å². The quantitative estimate of drug-likeness (QED) is 0.335. The largest absolute Gasteiger partial charge is 0.493 e. The molecule has 0 aliphatic rings. The number of aldehydes is 2. The van der Waals surface area contributed by atoms with Gasteiger partial charge in [-0.15, -0.1) is 0 Å². The van der Waals surface area contributed by atoms with Crippen molar-refractivity contribution in [1.29, 1.82) is 0 Å². The van der Waals surface area contributed by atoms with Gasteiger partial charge in [-0.2, -0.15) is 0 Å². The fraction of sp³-hybridized carbons (Fsp3) is 0.286. The van der Waals surface area contributed by atoms with Crippen LogP contribution in [0.2, 0.25) is 0 Å². The predicted octanol–water partition coefficient (Wildman–Crippen LogP) is 6.72. The van der Waals surface area contributed by atoms with E-state index in [0.717, 1.165) is 46.3 Å². The summed E-state index contributed by atoms with van der Waals surface area (Å²) in [6.07, 6.45) is 1.67. The second-order valence-corrected chi connectivity index (χ2v) is 8.73. The molecule has 0 N–H and O–H groups in total. The first-order chi connectivity index (χ1) is 15.4. The van der Waals surface area contributed by atoms with Gasteiger partial charge in [-0.1, -0.05) is 76.2 Å². The van der Waals surface area contributed by atoms with Crippen LogP contribution in [0, 0.1) is 11.8 Å². The molecule has 0 saturated heterocycles. The lowest BCUT2D eigenvalue weighted by Crippen LogP contribution is -2.08. The Bertz CT molecular complexity index is 961. The number of hydrogen-bond acceptors (Lipinski definition) is 4. The molecule has 0 amide bonds. The van der Waals surface area contributed by atoms with Crippen molar-refractivity contribution in [2.45, 2.75) is 27.7 Å². The summed E-state index contributed by atoms with van der Waals surface area (Å²) in [6, 6.07) is 18.9. The zero-order valence-electron chi connectivity index (χ0n) is 19.1. The fourth-order valence-electron chi connectivity index (χ4n) is 3.25. The van der Waals surface area contributed by atoms with Crippen molar-refractivity contribution in [2.24, 2.45) is 11.8 Å². The smallest absolute Gasteiger partial charge is 0.150 e. The summed E-state index contributed by atoms with van der Waals surface area (Å²) >= 11 is 0. The van der Waals surface area contributed by atoms with Crippen molar-refractivity contribution in [1.82, 2.24) is 0 Å². The third-order valence-corrected chi connectivity index (χ3v) is 4.94. The molecule has 0 aromatic heterocycles. The summed E-state index contributed by atoms with van der Waals surface area (Å²) < 4.78 is 12.4. The molecule has 0 unspecified atom stereocenters. The van der Waals surface area contributed by atoms with Crippen LogP contribution in [-0.2, 0) is 0 Å². The zero-order valence-corrected chi connectivity index (χ0v) is 19.1. The molecule has 0 bridgehead atoms. The topological polar surface area (TPSA) is 52.6 Å². The fourth-order valence-corrected chi connectivity index (χ4v) is 3.25. The lowest BCUT2D eigenvalue weighted by Gasteiger charge is -2.20. The van der Waals surface area contributed by atoms with Crippen molar-refractivity contribution >= 4 is 12.6 Å². The SMILES string of the molecule is CC(C)COc1cc(-c2ccc(C=O)cc2)c(OCC(C)C)cc1-c1ccc(C=O)cc1. The first-order valence-electron chi connectivity index (χ1n) is 11.0. The molecule has 3 aromatic rings. The minimum Gasteiger partial charge on any atom is -0.493 e. The number of benzene rings is 3. The number of carbonyl (C=O) groups excluding carboxylic acids is 2. The standard InChI is InChI=1S/C28H30O4/c1-19(2)17-31-27-13-26(24-11-7-22(16-30)8-12-24)28(32-18-20(3)4)14-25(27)23-9-5-21(15-29)6-10-23/h5-16,19-20H,17-18H2,1-4H3. The normalized spacial score (nSPS) is 10.9. The van der Waals surface area contributed by atoms with Gasteiger partial charge < -0.3 is 9.47 Å². The number of ether oxygens (including phenoxy) is 2. The third-order valence-electron chi connectivity index (χ3n) is 4.94. The van der Waals surface area contributed by atoms with Gasteiger partial charge in [-0.3, -0.25) is 9.59 Å². The predicted molar refractivity (Wildman–Crippen MR) is 129 cm³/mol. The van der Waals surface area contributed by atoms with Gasteiger partial charge in [0.1, 0.15) is 24.1 Å². The average molecular weight is 431 g/mol. The molecule has 4 heteroatoms. The van der Waals surface area contributed by atoms with Gasteiger partial charge in [0.15, 0.2) is 0 Å². The summed E-state index contributed by atoms with van der Waals surface area (Å²) in [4.78, 5) is 22.2. The molecular weight excluding hydrogens is 400 g/mol. The van der Waals surface area contributed by atoms with Crippen LogP contribution in [0.5, 0.6) is 11.5 Å². The highest BCUT2D eigenvalue weighted by atomic mass is 16.5. The average Bonchev–Trinajstić information content (AvgIpc) is 2.81. The number of rotatable bonds is 10. The van der Waals surface area contributed by atoms with E-state index in [0.29, 0.717) is 36.2 Å². The van der Waals surface area contributed by atoms with Crippen LogP contribution >= 0.6 is 0 Å². The van der Waals surface area contributed by atoms with Gasteiger partial charge in [0, 0.05) is 22.3 Å². The van der Waals surface area contributed by atoms with Crippen molar-refractivity contribution in [3.05, 3.63) is 71.8 Å². The molecule has 0 spiro atoms. The van der Waals surface area contributed by atoms with Gasteiger partial charge in [0.2, 0.25) is 0 Å². The van der Waals surface area contributed by atoms with E-state index in [-0.39, 0.29) is 0 Å². The Labute approximate surface area is 190 Å². The molecule has 0 aliphatic carbocycles. The molecule has 3 aromatic carbocycles. The van der Waals surface area contributed by atoms with Crippen LogP contribution in [0.1, 0.15) is 48.4 Å². The van der Waals surface area contributed by atoms with E-state index in [9.17, 15) is 9.59 Å². The van der Waals surface area contributed by atoms with Crippen molar-refractivity contribution < 1.29 is 19.1 Å². The highest BCUT2D eigenvalue weighted by molar-refractivity contribution is 5.84. The summed E-state index contributed by atoms with van der Waals surface area (Å²) in [5, 5.41) is 0. The Morgan fingerprint density at radius 3 is 1.25 bits per heavy atom. The van der Waals surface area contributed by atoms with Gasteiger partial charge in [0.05, 0.1) is 13.2 Å². The maximum absolute atomic E-state index is 11.1. The highest BCUT2D eigenvalue weighted by Crippen LogP contribution is 2.41. The molecule has 4 nitrogen and oxygen atoms in total. The molecular formula is C28H30O4. The van der Waals surface area contributed by atoms with Crippen molar-refractivity contribution in [3.8, 4) is 33.8 Å². The first kappa shape index (κ1) is 23.3. The van der Waals surface area contributed by atoms with Gasteiger partial charge in [0.25, 0.3) is 0 Å². The Morgan fingerprint density at radius 2 is 0.969 bits per heavy atom. The van der Waals surface area contributed by atoms with E-state index in [1.54, 1.807) is 24.3 Å². The Morgan fingerprint density at radius 1 is 0.625 bits per heavy atom. The van der Waals surface area contributed by atoms with E-state index in [1.165, 1.54) is 0 Å². The summed E-state index contributed by atoms with van der Waals surface area (Å²) in [7, 11) is 0. The lowest BCUT2D eigenvalue weighted by atomic mass is 9.96. The van der Waals surface area contributed by atoms with E-state index < -0.39 is 0 Å². The van der Waals surface area contributed by atoms with Crippen LogP contribution in [0.15, 0.2) is 60.7 Å². The van der Waals surface area contributed by atoms with Crippen LogP contribution in [0.25, 0.3) is 22.3 Å². The van der Waals surface area contributed by atoms with E-state index >= 15 is 0 Å². The zero-order chi connectivity index (χ0) is 23.1. The van der Waals surface area contributed by atoms with Gasteiger partial charge in [-0.05, 0) is 35.1 Å². The molecule has 0 atom stereocenters. The van der Waals surface area contributed by atoms with Crippen molar-refractivity contribution in [3.63, 3.8) is 0 Å². The summed E-state index contributed by atoms with van der Waals surface area (Å²) in [6.45, 7) is 9.59. The van der Waals surface area contributed by atoms with Crippen LogP contribution in [0.4, 0.5) is 0 Å². The minimum atomic E-state index is 0.368. The first-order valence-corrected chi connectivity index (χ1v) is 11.0. The Kier molecular flexibility index (Phi) is 7.82. The molecule has 0 radical (unpaired) electrons. The monoisotopic (exact) mass is 430 g/mol. The Hall–Kier alpha value is -3.40. The van der Waals surface area contributed by atoms with E-state index in [1.807, 2.05) is 36.4 Å². The summed E-state index contributed by atoms with van der Waals surface area (Å²) in [5.74, 6) is 2.24. The maximum atomic E-state index is 11.1. The van der Waals surface area contributed by atoms with Crippen LogP contribution < -0.4 is 9.47 Å². The highest BCUT2D eigenvalue weighted by Gasteiger charge is 2.16. The van der Waals surface area contributed by atoms with Gasteiger partial charge in [-0.25, -0.2) is 0 Å². The maximum Gasteiger partial charge on any atom is 0.150 e. The molecule has 0 aliphatic heterocycles.